The van der Waals surface area contributed by atoms with Crippen molar-refractivity contribution in [3.05, 3.63) is 43.0 Å². The molecule has 1 heterocycles. The Kier molecular flexibility index (Phi) is 4.89. The Labute approximate surface area is 133 Å². The van der Waals surface area contributed by atoms with Gasteiger partial charge in [-0.05, 0) is 45.1 Å². The summed E-state index contributed by atoms with van der Waals surface area (Å²) in [6.07, 6.45) is 0. The summed E-state index contributed by atoms with van der Waals surface area (Å²) < 4.78 is 12.5. The third kappa shape index (κ3) is 2.97. The molecule has 6 heteroatoms. The fourth-order valence-corrected chi connectivity index (χ4v) is 3.98. The van der Waals surface area contributed by atoms with Crippen LogP contribution < -0.4 is 15.2 Å². The van der Waals surface area contributed by atoms with Crippen LogP contribution in [0.5, 0.6) is 11.5 Å². The molecule has 0 aliphatic rings. The van der Waals surface area contributed by atoms with Crippen molar-refractivity contribution < 1.29 is 9.47 Å². The third-order valence-electron chi connectivity index (χ3n) is 2.77. The molecule has 0 radical (unpaired) electrons. The molecule has 102 valence electrons. The van der Waals surface area contributed by atoms with E-state index in [1.807, 2.05) is 23.6 Å². The second-order valence-corrected chi connectivity index (χ2v) is 6.50. The van der Waals surface area contributed by atoms with Crippen molar-refractivity contribution in [1.29, 1.82) is 0 Å². The number of halogens is 2. The maximum Gasteiger partial charge on any atom is 0.161 e. The Bertz CT molecular complexity index is 586. The van der Waals surface area contributed by atoms with Gasteiger partial charge in [-0.15, -0.1) is 11.3 Å². The van der Waals surface area contributed by atoms with Gasteiger partial charge in [0.15, 0.2) is 11.5 Å². The lowest BCUT2D eigenvalue weighted by molar-refractivity contribution is 0.354. The molecule has 1 unspecified atom stereocenters. The van der Waals surface area contributed by atoms with Crippen molar-refractivity contribution in [3.8, 4) is 11.5 Å². The van der Waals surface area contributed by atoms with E-state index in [-0.39, 0.29) is 6.04 Å². The molecule has 0 saturated heterocycles. The van der Waals surface area contributed by atoms with Crippen molar-refractivity contribution in [2.75, 3.05) is 14.2 Å². The van der Waals surface area contributed by atoms with Gasteiger partial charge in [-0.3, -0.25) is 0 Å². The summed E-state index contributed by atoms with van der Waals surface area (Å²) in [7, 11) is 3.22. The number of ether oxygens (including phenoxy) is 2. The van der Waals surface area contributed by atoms with Crippen LogP contribution in [0.25, 0.3) is 0 Å². The highest BCUT2D eigenvalue weighted by Gasteiger charge is 2.19. The third-order valence-corrected chi connectivity index (χ3v) is 5.41. The van der Waals surface area contributed by atoms with Crippen molar-refractivity contribution in [3.63, 3.8) is 0 Å². The molecular formula is C13H13Br2NO2S. The normalized spacial score (nSPS) is 12.3. The maximum absolute atomic E-state index is 6.33. The fraction of sp³-hybridized carbons (Fsp3) is 0.231. The first-order valence-electron chi connectivity index (χ1n) is 5.48. The van der Waals surface area contributed by atoms with Gasteiger partial charge in [-0.2, -0.15) is 0 Å². The Morgan fingerprint density at radius 1 is 1.11 bits per heavy atom. The molecule has 0 spiro atoms. The molecule has 19 heavy (non-hydrogen) atoms. The molecule has 1 aromatic heterocycles. The average molecular weight is 407 g/mol. The van der Waals surface area contributed by atoms with Gasteiger partial charge in [0.25, 0.3) is 0 Å². The van der Waals surface area contributed by atoms with Crippen LogP contribution in [0.2, 0.25) is 0 Å². The highest BCUT2D eigenvalue weighted by Crippen LogP contribution is 2.39. The average Bonchev–Trinajstić information content (AvgIpc) is 2.83. The largest absolute Gasteiger partial charge is 0.493 e. The van der Waals surface area contributed by atoms with Crippen LogP contribution in [0, 0.1) is 0 Å². The van der Waals surface area contributed by atoms with Crippen LogP contribution in [0.4, 0.5) is 0 Å². The number of hydrogen-bond donors (Lipinski definition) is 1. The minimum absolute atomic E-state index is 0.219. The maximum atomic E-state index is 6.33. The highest BCUT2D eigenvalue weighted by atomic mass is 79.9. The second kappa shape index (κ2) is 6.26. The van der Waals surface area contributed by atoms with Crippen LogP contribution in [0.1, 0.15) is 16.5 Å². The first kappa shape index (κ1) is 14.8. The first-order valence-corrected chi connectivity index (χ1v) is 7.95. The van der Waals surface area contributed by atoms with Crippen molar-refractivity contribution in [2.24, 2.45) is 5.73 Å². The van der Waals surface area contributed by atoms with E-state index < -0.39 is 0 Å². The van der Waals surface area contributed by atoms with Crippen molar-refractivity contribution in [2.45, 2.75) is 6.04 Å². The van der Waals surface area contributed by atoms with Gasteiger partial charge in [0.05, 0.1) is 20.3 Å². The molecule has 0 aliphatic carbocycles. The predicted octanol–water partition coefficient (Wildman–Crippen LogP) is 4.34. The molecule has 1 aromatic carbocycles. The molecule has 0 saturated carbocycles. The Morgan fingerprint density at radius 3 is 2.26 bits per heavy atom. The van der Waals surface area contributed by atoms with Gasteiger partial charge in [-0.1, -0.05) is 15.9 Å². The summed E-state index contributed by atoms with van der Waals surface area (Å²) in [5, 5.41) is 2.01. The van der Waals surface area contributed by atoms with Gasteiger partial charge >= 0.3 is 0 Å². The summed E-state index contributed by atoms with van der Waals surface area (Å²) in [6.45, 7) is 0. The molecule has 2 aromatic rings. The lowest BCUT2D eigenvalue weighted by atomic mass is 10.1. The van der Waals surface area contributed by atoms with Gasteiger partial charge in [-0.25, -0.2) is 0 Å². The first-order chi connectivity index (χ1) is 9.08. The molecule has 0 aliphatic heterocycles. The standard InChI is InChI=1S/C13H13Br2NO2S/c1-17-10-5-7(9(15)6-11(10)18-2)12(16)13-8(14)3-4-19-13/h3-6,12H,16H2,1-2H3. The van der Waals surface area contributed by atoms with Crippen LogP contribution in [-0.4, -0.2) is 14.2 Å². The van der Waals surface area contributed by atoms with Crippen molar-refractivity contribution >= 4 is 43.2 Å². The zero-order valence-electron chi connectivity index (χ0n) is 10.4. The summed E-state index contributed by atoms with van der Waals surface area (Å²) in [5.41, 5.74) is 7.29. The summed E-state index contributed by atoms with van der Waals surface area (Å²) in [5.74, 6) is 1.35. The molecule has 2 rings (SSSR count). The Morgan fingerprint density at radius 2 is 1.74 bits per heavy atom. The van der Waals surface area contributed by atoms with Crippen LogP contribution in [0.3, 0.4) is 0 Å². The Balaban J connectivity index is 2.48. The van der Waals surface area contributed by atoms with E-state index >= 15 is 0 Å². The summed E-state index contributed by atoms with van der Waals surface area (Å²) in [6, 6.07) is 5.55. The zero-order chi connectivity index (χ0) is 14.0. The zero-order valence-corrected chi connectivity index (χ0v) is 14.4. The molecular weight excluding hydrogens is 394 g/mol. The number of thiophene rings is 1. The molecule has 0 fully saturated rings. The fourth-order valence-electron chi connectivity index (χ4n) is 1.78. The number of benzene rings is 1. The van der Waals surface area contributed by atoms with E-state index in [0.29, 0.717) is 11.5 Å². The van der Waals surface area contributed by atoms with Crippen molar-refractivity contribution in [1.82, 2.24) is 0 Å². The quantitative estimate of drug-likeness (QED) is 0.821. The smallest absolute Gasteiger partial charge is 0.161 e. The predicted molar refractivity (Wildman–Crippen MR) is 85.3 cm³/mol. The number of rotatable bonds is 4. The monoisotopic (exact) mass is 405 g/mol. The van der Waals surface area contributed by atoms with E-state index in [2.05, 4.69) is 31.9 Å². The minimum Gasteiger partial charge on any atom is -0.493 e. The Hall–Kier alpha value is -0.560. The number of hydrogen-bond acceptors (Lipinski definition) is 4. The lowest BCUT2D eigenvalue weighted by Gasteiger charge is -2.16. The lowest BCUT2D eigenvalue weighted by Crippen LogP contribution is -2.12. The molecule has 3 nitrogen and oxygen atoms in total. The van der Waals surface area contributed by atoms with E-state index in [4.69, 9.17) is 15.2 Å². The van der Waals surface area contributed by atoms with Gasteiger partial charge in [0.1, 0.15) is 0 Å². The van der Waals surface area contributed by atoms with Crippen LogP contribution >= 0.6 is 43.2 Å². The molecule has 0 bridgehead atoms. The van der Waals surface area contributed by atoms with E-state index in [1.54, 1.807) is 25.6 Å². The number of nitrogens with two attached hydrogens (primary N) is 1. The summed E-state index contributed by atoms with van der Waals surface area (Å²) in [4.78, 5) is 1.08. The van der Waals surface area contributed by atoms with Gasteiger partial charge < -0.3 is 15.2 Å². The second-order valence-electron chi connectivity index (χ2n) is 3.84. The molecule has 1 atom stereocenters. The van der Waals surface area contributed by atoms with E-state index in [0.717, 1.165) is 19.4 Å². The van der Waals surface area contributed by atoms with E-state index in [9.17, 15) is 0 Å². The summed E-state index contributed by atoms with van der Waals surface area (Å²) >= 11 is 8.67. The molecule has 2 N–H and O–H groups in total. The van der Waals surface area contributed by atoms with E-state index in [1.165, 1.54) is 0 Å². The van der Waals surface area contributed by atoms with Gasteiger partial charge in [0, 0.05) is 13.8 Å². The SMILES string of the molecule is COc1cc(Br)c(C(N)c2sccc2Br)cc1OC. The number of methoxy groups -OCH3 is 2. The molecule has 0 amide bonds. The van der Waals surface area contributed by atoms with Crippen LogP contribution in [-0.2, 0) is 0 Å². The van der Waals surface area contributed by atoms with Gasteiger partial charge in [0.2, 0.25) is 0 Å². The highest BCUT2D eigenvalue weighted by molar-refractivity contribution is 9.10. The topological polar surface area (TPSA) is 44.5 Å². The minimum atomic E-state index is -0.219. The van der Waals surface area contributed by atoms with Crippen LogP contribution in [0.15, 0.2) is 32.5 Å².